The zero-order valence-corrected chi connectivity index (χ0v) is 56.5. The number of rotatable bonds is 11. The van der Waals surface area contributed by atoms with E-state index in [-0.39, 0.29) is 87.6 Å². The predicted molar refractivity (Wildman–Crippen MR) is 337 cm³/mol. The fourth-order valence-corrected chi connectivity index (χ4v) is 13.2. The lowest BCUT2D eigenvalue weighted by molar-refractivity contribution is -0.150. The molecule has 2 saturated carbocycles. The van der Waals surface area contributed by atoms with Crippen molar-refractivity contribution in [1.29, 1.82) is 0 Å². The Labute approximate surface area is 540 Å². The largest absolute Gasteiger partial charge is 0.419 e. The van der Waals surface area contributed by atoms with Crippen molar-refractivity contribution in [2.45, 2.75) is 224 Å². The number of hydrogen-bond donors (Lipinski definition) is 4. The summed E-state index contributed by atoms with van der Waals surface area (Å²) < 4.78 is 55.9. The molecule has 1 spiro atoms. The number of benzene rings is 1. The van der Waals surface area contributed by atoms with E-state index in [9.17, 15) is 60.7 Å². The summed E-state index contributed by atoms with van der Waals surface area (Å²) in [7, 11) is 8.51. The number of aryl methyl sites for hydroxylation is 1. The van der Waals surface area contributed by atoms with Crippen molar-refractivity contribution in [3.05, 3.63) is 35.1 Å². The number of halogens is 4. The number of likely N-dealkylation sites (N-methyl/N-ethyl adjacent to an activating group) is 6. The number of hydrogen-bond acceptors (Lipinski definition) is 11. The molecule has 1 aromatic rings. The van der Waals surface area contributed by atoms with Gasteiger partial charge in [0.25, 0.3) is 0 Å². The van der Waals surface area contributed by atoms with Gasteiger partial charge in [-0.1, -0.05) is 105 Å². The molecule has 4 N–H and O–H groups in total. The first kappa shape index (κ1) is 75.8. The fourth-order valence-electron chi connectivity index (χ4n) is 13.2. The molecule has 0 bridgehead atoms. The highest BCUT2D eigenvalue weighted by atomic mass is 19.4. The smallest absolute Gasteiger partial charge is 0.351 e. The third-order valence-corrected chi connectivity index (χ3v) is 19.0. The van der Waals surface area contributed by atoms with Gasteiger partial charge in [-0.2, -0.15) is 13.2 Å². The number of alkyl halides is 3. The second kappa shape index (κ2) is 33.8. The number of fused-ring (bicyclic) bond motifs is 1. The molecule has 2 aliphatic carbocycles. The summed E-state index contributed by atoms with van der Waals surface area (Å²) in [4.78, 5) is 168. The fraction of sp³-hybridized carbons (Fsp3) is 0.742. The Bertz CT molecular complexity index is 2790. The van der Waals surface area contributed by atoms with Crippen molar-refractivity contribution in [3.8, 4) is 0 Å². The van der Waals surface area contributed by atoms with E-state index >= 15 is 9.59 Å². The molecule has 5 rings (SSSR count). The molecule has 11 amide bonds. The first-order chi connectivity index (χ1) is 43.1. The van der Waals surface area contributed by atoms with Crippen molar-refractivity contribution < 1.29 is 70.3 Å². The van der Waals surface area contributed by atoms with E-state index in [1.165, 1.54) is 61.9 Å². The first-order valence-corrected chi connectivity index (χ1v) is 33.0. The first-order valence-electron chi connectivity index (χ1n) is 33.0. The molecule has 22 nitrogen and oxygen atoms in total. The summed E-state index contributed by atoms with van der Waals surface area (Å²) in [6.07, 6.45) is 2.25. The number of carbonyl (C=O) groups excluding carboxylic acids is 11. The molecule has 4 fully saturated rings. The Morgan fingerprint density at radius 3 is 1.76 bits per heavy atom. The topological polar surface area (TPSA) is 259 Å². The lowest BCUT2D eigenvalue weighted by atomic mass is 9.79. The Morgan fingerprint density at radius 1 is 0.609 bits per heavy atom. The van der Waals surface area contributed by atoms with Gasteiger partial charge in [-0.05, 0) is 106 Å². The van der Waals surface area contributed by atoms with Gasteiger partial charge in [0.05, 0.1) is 25.2 Å². The van der Waals surface area contributed by atoms with Gasteiger partial charge in [-0.15, -0.1) is 0 Å². The minimum atomic E-state index is -4.99. The van der Waals surface area contributed by atoms with Gasteiger partial charge >= 0.3 is 6.18 Å². The average molecular weight is 1300 g/mol. The zero-order valence-electron chi connectivity index (χ0n) is 56.5. The van der Waals surface area contributed by atoms with E-state index in [4.69, 9.17) is 0 Å². The molecule has 1 unspecified atom stereocenters. The minimum Gasteiger partial charge on any atom is -0.351 e. The molecule has 2 heterocycles. The second-order valence-corrected chi connectivity index (χ2v) is 27.4. The Kier molecular flexibility index (Phi) is 27.9. The van der Waals surface area contributed by atoms with Crippen molar-refractivity contribution in [2.75, 3.05) is 68.5 Å². The van der Waals surface area contributed by atoms with E-state index in [0.29, 0.717) is 37.8 Å². The molecule has 2 saturated heterocycles. The van der Waals surface area contributed by atoms with Crippen LogP contribution in [0.2, 0.25) is 0 Å². The van der Waals surface area contributed by atoms with Crippen LogP contribution in [0.1, 0.15) is 175 Å². The summed E-state index contributed by atoms with van der Waals surface area (Å²) in [6, 6.07) is -5.57. The lowest BCUT2D eigenvalue weighted by Crippen LogP contribution is -2.65. The van der Waals surface area contributed by atoms with Crippen LogP contribution >= 0.6 is 0 Å². The SMILES string of the molecule is CC[C@H](C)[C@@H]1NC(=O)[C@H](CC(C)C)N(C)C(=O)C[C@@H](C)NC(=O)[C@H](CC(C)C)N(C)C(=O)C2(CCCCC2)NC(=O)C2CCCN2C(=O)[C@H](CCc2ccc(C(F)(F)F)c(F)c2)NC(=O)CN(C)C(=O)[C@H](CC2CCCCC2)N(C)C(=O)CN(C)C(=O)CN(C)C1=O. The van der Waals surface area contributed by atoms with Crippen LogP contribution in [0, 0.1) is 29.5 Å². The maximum absolute atomic E-state index is 15.2. The third-order valence-electron chi connectivity index (χ3n) is 19.0. The Balaban J connectivity index is 1.56. The van der Waals surface area contributed by atoms with E-state index in [2.05, 4.69) is 21.3 Å². The van der Waals surface area contributed by atoms with Crippen LogP contribution in [0.3, 0.4) is 0 Å². The summed E-state index contributed by atoms with van der Waals surface area (Å²) >= 11 is 0. The molecule has 4 aliphatic rings. The lowest BCUT2D eigenvalue weighted by Gasteiger charge is -2.42. The highest BCUT2D eigenvalue weighted by molar-refractivity contribution is 5.99. The zero-order chi connectivity index (χ0) is 68.7. The normalized spacial score (nSPS) is 26.1. The van der Waals surface area contributed by atoms with Gasteiger partial charge in [-0.3, -0.25) is 52.7 Å². The molecule has 1 aromatic carbocycles. The van der Waals surface area contributed by atoms with E-state index in [0.717, 1.165) is 59.3 Å². The van der Waals surface area contributed by atoms with Crippen molar-refractivity contribution >= 4 is 65.0 Å². The van der Waals surface area contributed by atoms with Gasteiger partial charge in [0.1, 0.15) is 47.6 Å². The van der Waals surface area contributed by atoms with Crippen LogP contribution in [-0.4, -0.2) is 216 Å². The quantitative estimate of drug-likeness (QED) is 0.203. The number of nitrogens with one attached hydrogen (secondary N) is 4. The van der Waals surface area contributed by atoms with Gasteiger partial charge in [0.2, 0.25) is 65.0 Å². The molecule has 26 heteroatoms. The predicted octanol–water partition coefficient (Wildman–Crippen LogP) is 5.43. The summed E-state index contributed by atoms with van der Waals surface area (Å²) in [5, 5.41) is 11.5. The molecule has 516 valence electrons. The van der Waals surface area contributed by atoms with Crippen molar-refractivity contribution in [2.24, 2.45) is 23.7 Å². The summed E-state index contributed by atoms with van der Waals surface area (Å²) in [6.45, 7) is 11.1. The van der Waals surface area contributed by atoms with E-state index < -0.39 is 156 Å². The second-order valence-electron chi connectivity index (χ2n) is 27.4. The Hall–Kier alpha value is -6.89. The third kappa shape index (κ3) is 20.3. The number of carbonyl (C=O) groups is 11. The average Bonchev–Trinajstić information content (AvgIpc) is 1.18. The number of nitrogens with zero attached hydrogens (tertiary/aromatic N) is 7. The molecular formula is C66H103F4N11O11. The van der Waals surface area contributed by atoms with Gasteiger partial charge in [-0.25, -0.2) is 4.39 Å². The Morgan fingerprint density at radius 2 is 1.17 bits per heavy atom. The highest BCUT2D eigenvalue weighted by Crippen LogP contribution is 2.35. The monoisotopic (exact) mass is 1300 g/mol. The minimum absolute atomic E-state index is 0.0159. The highest BCUT2D eigenvalue weighted by Gasteiger charge is 2.48. The van der Waals surface area contributed by atoms with Crippen molar-refractivity contribution in [1.82, 2.24) is 55.6 Å². The van der Waals surface area contributed by atoms with Crippen LogP contribution in [0.25, 0.3) is 0 Å². The van der Waals surface area contributed by atoms with Crippen LogP contribution in [0.15, 0.2) is 18.2 Å². The molecular weight excluding hydrogens is 1200 g/mol. The van der Waals surface area contributed by atoms with Crippen LogP contribution in [0.5, 0.6) is 0 Å². The molecule has 0 aromatic heterocycles. The standard InChI is InChI=1S/C66H103F4N11O11/c1-14-42(6)57-63(91)77(10)38-55(84)75(8)39-56(85)79(12)52(36-44-22-17-15-18-23-44)62(90)76(9)37-53(82)72-48(28-26-45-25-27-46(47(67)35-45)66(68,69)70)61(89)81-31-21-24-49(81)60(88)74-65(29-19-16-20-30-65)64(92)80(13)51(33-41(4)5)58(86)71-43(7)34-54(83)78(11)50(32-40(2)3)59(87)73-57/h25,27,35,40-44,48-52,57H,14-24,26,28-34,36-39H2,1-13H3,(H,71,86)(H,72,82)(H,73,87)(H,74,88)/t42-,43+,48-,49?,50-,51-,52-,57-/m0/s1. The van der Waals surface area contributed by atoms with Gasteiger partial charge < -0.3 is 55.6 Å². The van der Waals surface area contributed by atoms with Crippen LogP contribution < -0.4 is 21.3 Å². The van der Waals surface area contributed by atoms with Crippen molar-refractivity contribution in [3.63, 3.8) is 0 Å². The van der Waals surface area contributed by atoms with E-state index in [1.807, 2.05) is 34.6 Å². The van der Waals surface area contributed by atoms with Crippen LogP contribution in [-0.2, 0) is 65.3 Å². The molecule has 8 atom stereocenters. The maximum Gasteiger partial charge on any atom is 0.419 e. The van der Waals surface area contributed by atoms with Gasteiger partial charge in [0.15, 0.2) is 0 Å². The summed E-state index contributed by atoms with van der Waals surface area (Å²) in [5.74, 6) is -9.22. The van der Waals surface area contributed by atoms with E-state index in [1.54, 1.807) is 13.8 Å². The molecule has 92 heavy (non-hydrogen) atoms. The number of amides is 11. The van der Waals surface area contributed by atoms with Crippen LogP contribution in [0.4, 0.5) is 17.6 Å². The molecule has 0 radical (unpaired) electrons. The summed E-state index contributed by atoms with van der Waals surface area (Å²) in [5.41, 5.74) is -2.96. The van der Waals surface area contributed by atoms with Gasteiger partial charge in [0, 0.05) is 61.3 Å². The maximum atomic E-state index is 15.2. The molecule has 2 aliphatic heterocycles.